The number of nitrogens with zero attached hydrogens (tertiary/aromatic N) is 1. The quantitative estimate of drug-likeness (QED) is 0.201. The number of furan rings is 1. The van der Waals surface area contributed by atoms with Crippen molar-refractivity contribution in [2.75, 3.05) is 0 Å². The Balaban J connectivity index is 1.25. The Bertz CT molecular complexity index is 2480. The van der Waals surface area contributed by atoms with Crippen LogP contribution in [0.2, 0.25) is 0 Å². The average Bonchev–Trinajstić information content (AvgIpc) is 3.50. The molecule has 2 aromatic heterocycles. The number of ether oxygens (including phenoxy) is 2. The van der Waals surface area contributed by atoms with Crippen LogP contribution in [-0.2, 0) is 5.41 Å². The molecule has 2 aliphatic rings. The predicted molar refractivity (Wildman–Crippen MR) is 181 cm³/mol. The third-order valence-corrected chi connectivity index (χ3v) is 9.47. The highest BCUT2D eigenvalue weighted by atomic mass is 16.5. The minimum atomic E-state index is -0.663. The topological polar surface area (TPSA) is 44.5 Å². The summed E-state index contributed by atoms with van der Waals surface area (Å²) in [5.41, 5.74) is 9.48. The van der Waals surface area contributed by atoms with Crippen LogP contribution in [0.3, 0.4) is 0 Å². The average molecular weight is 592 g/mol. The zero-order valence-electron chi connectivity index (χ0n) is 24.6. The van der Waals surface area contributed by atoms with Crippen molar-refractivity contribution in [1.82, 2.24) is 4.98 Å². The van der Waals surface area contributed by atoms with E-state index in [2.05, 4.69) is 102 Å². The molecule has 2 aliphatic heterocycles. The molecule has 1 atom stereocenters. The van der Waals surface area contributed by atoms with E-state index in [0.29, 0.717) is 0 Å². The van der Waals surface area contributed by atoms with Crippen LogP contribution in [0.5, 0.6) is 23.0 Å². The molecule has 0 bridgehead atoms. The maximum Gasteiger partial charge on any atom is 0.136 e. The largest absolute Gasteiger partial charge is 0.457 e. The molecule has 0 radical (unpaired) electrons. The van der Waals surface area contributed by atoms with Gasteiger partial charge < -0.3 is 13.9 Å². The highest BCUT2D eigenvalue weighted by Crippen LogP contribution is 2.62. The summed E-state index contributed by atoms with van der Waals surface area (Å²) in [4.78, 5) is 4.61. The van der Waals surface area contributed by atoms with Crippen molar-refractivity contribution in [3.63, 3.8) is 0 Å². The molecular weight excluding hydrogens is 566 g/mol. The van der Waals surface area contributed by atoms with E-state index >= 15 is 0 Å². The van der Waals surface area contributed by atoms with E-state index in [1.54, 1.807) is 0 Å². The van der Waals surface area contributed by atoms with E-state index in [1.807, 2.05) is 54.7 Å². The molecule has 1 unspecified atom stereocenters. The van der Waals surface area contributed by atoms with Gasteiger partial charge in [-0.15, -0.1) is 0 Å². The Hall–Kier alpha value is -6.13. The Morgan fingerprint density at radius 3 is 1.80 bits per heavy atom. The highest BCUT2D eigenvalue weighted by Gasteiger charge is 2.50. The number of benzene rings is 6. The number of pyridine rings is 1. The van der Waals surface area contributed by atoms with Crippen molar-refractivity contribution in [1.29, 1.82) is 0 Å². The second-order valence-electron chi connectivity index (χ2n) is 11.9. The molecule has 8 aromatic rings. The van der Waals surface area contributed by atoms with Gasteiger partial charge in [0, 0.05) is 44.8 Å². The van der Waals surface area contributed by atoms with E-state index < -0.39 is 5.41 Å². The summed E-state index contributed by atoms with van der Waals surface area (Å²) in [5.74, 6) is 3.28. The van der Waals surface area contributed by atoms with E-state index in [9.17, 15) is 0 Å². The first-order valence-corrected chi connectivity index (χ1v) is 15.4. The van der Waals surface area contributed by atoms with Gasteiger partial charge in [-0.25, -0.2) is 0 Å². The molecular formula is C42H25NO3. The molecule has 4 nitrogen and oxygen atoms in total. The van der Waals surface area contributed by atoms with Crippen LogP contribution >= 0.6 is 0 Å². The fourth-order valence-corrected chi connectivity index (χ4v) is 7.55. The second kappa shape index (κ2) is 9.43. The van der Waals surface area contributed by atoms with Gasteiger partial charge in [0.1, 0.15) is 34.2 Å². The van der Waals surface area contributed by atoms with Crippen molar-refractivity contribution in [3.05, 3.63) is 174 Å². The van der Waals surface area contributed by atoms with Crippen LogP contribution in [0.4, 0.5) is 0 Å². The van der Waals surface area contributed by atoms with Crippen LogP contribution < -0.4 is 9.47 Å². The van der Waals surface area contributed by atoms with Crippen molar-refractivity contribution in [2.45, 2.75) is 5.41 Å². The fraction of sp³-hybridized carbons (Fsp3) is 0.0238. The smallest absolute Gasteiger partial charge is 0.136 e. The van der Waals surface area contributed by atoms with Gasteiger partial charge in [0.15, 0.2) is 0 Å². The van der Waals surface area contributed by atoms with E-state index in [0.717, 1.165) is 89.6 Å². The van der Waals surface area contributed by atoms with E-state index in [4.69, 9.17) is 13.9 Å². The van der Waals surface area contributed by atoms with Gasteiger partial charge >= 0.3 is 0 Å². The number of para-hydroxylation sites is 3. The van der Waals surface area contributed by atoms with Crippen LogP contribution in [0.25, 0.3) is 44.3 Å². The normalized spacial score (nSPS) is 15.8. The van der Waals surface area contributed by atoms with Gasteiger partial charge in [0.2, 0.25) is 0 Å². The van der Waals surface area contributed by atoms with Gasteiger partial charge in [-0.05, 0) is 59.7 Å². The van der Waals surface area contributed by atoms with Crippen molar-refractivity contribution < 1.29 is 13.9 Å². The molecule has 4 heterocycles. The summed E-state index contributed by atoms with van der Waals surface area (Å²) >= 11 is 0. The summed E-state index contributed by atoms with van der Waals surface area (Å²) in [6, 6.07) is 50.3. The van der Waals surface area contributed by atoms with Crippen molar-refractivity contribution in [3.8, 4) is 45.4 Å². The van der Waals surface area contributed by atoms with Gasteiger partial charge in [-0.1, -0.05) is 97.1 Å². The molecule has 6 aromatic carbocycles. The lowest BCUT2D eigenvalue weighted by atomic mass is 9.62. The lowest BCUT2D eigenvalue weighted by molar-refractivity contribution is 0.399. The number of rotatable bonds is 2. The van der Waals surface area contributed by atoms with Crippen LogP contribution in [0, 0.1) is 0 Å². The van der Waals surface area contributed by atoms with Crippen LogP contribution in [0.1, 0.15) is 22.3 Å². The molecule has 0 fully saturated rings. The number of fused-ring (bicyclic) bond motifs is 11. The lowest BCUT2D eigenvalue weighted by Gasteiger charge is -2.45. The summed E-state index contributed by atoms with van der Waals surface area (Å²) in [6.45, 7) is 0. The molecule has 0 N–H and O–H groups in total. The molecule has 0 saturated carbocycles. The third kappa shape index (κ3) is 3.41. The standard InChI is InChI=1S/C42H25NO3/c1-4-15-35-29(10-1)41-28(11-9-18-38(41)44-35)26-19-21-32-39(24-26)45-36-16-5-2-12-30(36)42(32)31-13-3-6-17-37(31)46-40-25-27(20-22-33(40)42)34-14-7-8-23-43-34/h1-25H. The highest BCUT2D eigenvalue weighted by molar-refractivity contribution is 6.12. The van der Waals surface area contributed by atoms with Crippen molar-refractivity contribution in [2.24, 2.45) is 0 Å². The Labute approximate surface area is 265 Å². The first-order chi connectivity index (χ1) is 22.8. The summed E-state index contributed by atoms with van der Waals surface area (Å²) < 4.78 is 19.7. The second-order valence-corrected chi connectivity index (χ2v) is 11.9. The maximum atomic E-state index is 6.80. The first-order valence-electron chi connectivity index (χ1n) is 15.4. The molecule has 0 aliphatic carbocycles. The lowest BCUT2D eigenvalue weighted by Crippen LogP contribution is -2.36. The Morgan fingerprint density at radius 1 is 0.457 bits per heavy atom. The van der Waals surface area contributed by atoms with Crippen LogP contribution in [0.15, 0.2) is 156 Å². The molecule has 0 amide bonds. The third-order valence-electron chi connectivity index (χ3n) is 9.47. The number of hydrogen-bond donors (Lipinski definition) is 0. The van der Waals surface area contributed by atoms with Gasteiger partial charge in [-0.3, -0.25) is 4.98 Å². The van der Waals surface area contributed by atoms with Gasteiger partial charge in [-0.2, -0.15) is 0 Å². The zero-order valence-corrected chi connectivity index (χ0v) is 24.6. The van der Waals surface area contributed by atoms with Crippen LogP contribution in [-0.4, -0.2) is 4.98 Å². The molecule has 216 valence electrons. The van der Waals surface area contributed by atoms with Crippen molar-refractivity contribution >= 4 is 21.9 Å². The summed E-state index contributed by atoms with van der Waals surface area (Å²) in [5, 5.41) is 2.21. The van der Waals surface area contributed by atoms with E-state index in [1.165, 1.54) is 0 Å². The number of hydrogen-bond acceptors (Lipinski definition) is 4. The number of aromatic nitrogens is 1. The molecule has 46 heavy (non-hydrogen) atoms. The summed E-state index contributed by atoms with van der Waals surface area (Å²) in [6.07, 6.45) is 1.82. The maximum absolute atomic E-state index is 6.80. The Morgan fingerprint density at radius 2 is 1.07 bits per heavy atom. The zero-order chi connectivity index (χ0) is 30.2. The van der Waals surface area contributed by atoms with E-state index in [-0.39, 0.29) is 0 Å². The SMILES string of the molecule is c1ccc(-c2ccc3c(c2)Oc2ccccc2C32c3ccccc3Oc3cc(-c4cccc5oc6ccccc6c45)ccc32)nc1. The Kier molecular flexibility index (Phi) is 5.17. The van der Waals surface area contributed by atoms with Gasteiger partial charge in [0.05, 0.1) is 11.1 Å². The minimum Gasteiger partial charge on any atom is -0.457 e. The predicted octanol–water partition coefficient (Wildman–Crippen LogP) is 10.9. The minimum absolute atomic E-state index is 0.663. The fourth-order valence-electron chi connectivity index (χ4n) is 7.55. The van der Waals surface area contributed by atoms with Gasteiger partial charge in [0.25, 0.3) is 0 Å². The molecule has 0 saturated heterocycles. The first kappa shape index (κ1) is 25.2. The molecule has 1 spiro atoms. The molecule has 10 rings (SSSR count). The summed E-state index contributed by atoms with van der Waals surface area (Å²) in [7, 11) is 0. The monoisotopic (exact) mass is 591 g/mol. The molecule has 4 heteroatoms.